The molecule has 8 heavy (non-hydrogen) atoms. The summed E-state index contributed by atoms with van der Waals surface area (Å²) in [6, 6.07) is 0. The average molecular weight is 137 g/mol. The van der Waals surface area contributed by atoms with Crippen molar-refractivity contribution in [2.24, 2.45) is 0 Å². The summed E-state index contributed by atoms with van der Waals surface area (Å²) in [5.41, 5.74) is 0. The first-order valence-electron chi connectivity index (χ1n) is 2.48. The average Bonchev–Trinajstić information content (AvgIpc) is 1.83. The Hall–Kier alpha value is -0.0800. The molecule has 2 nitrogen and oxygen atoms in total. The van der Waals surface area contributed by atoms with Gasteiger partial charge >= 0.3 is 0 Å². The molecular formula is C5H9ClO2. The maximum absolute atomic E-state index is 9.80. The third-order valence-corrected chi connectivity index (χ3v) is 0.858. The number of hydrogen-bond acceptors (Lipinski definition) is 2. The number of aldehydes is 1. The van der Waals surface area contributed by atoms with Crippen LogP contribution in [-0.4, -0.2) is 24.9 Å². The molecule has 0 aromatic rings. The van der Waals surface area contributed by atoms with Crippen molar-refractivity contribution in [2.45, 2.75) is 12.3 Å². The van der Waals surface area contributed by atoms with E-state index in [0.29, 0.717) is 19.5 Å². The zero-order valence-electron chi connectivity index (χ0n) is 4.76. The van der Waals surface area contributed by atoms with Gasteiger partial charge in [0.15, 0.2) is 0 Å². The number of ether oxygens (including phenoxy) is 1. The number of halogens is 1. The monoisotopic (exact) mass is 136 g/mol. The summed E-state index contributed by atoms with van der Waals surface area (Å²) in [7, 11) is 0. The van der Waals surface area contributed by atoms with Gasteiger partial charge in [0.1, 0.15) is 11.7 Å². The number of alkyl halides is 1. The first kappa shape index (κ1) is 7.92. The number of carbonyl (C=O) groups excluding carboxylic acids is 1. The molecule has 1 unspecified atom stereocenters. The number of carbonyl (C=O) groups is 1. The Labute approximate surface area is 53.8 Å². The Morgan fingerprint density at radius 1 is 1.88 bits per heavy atom. The maximum Gasteiger partial charge on any atom is 0.140 e. The van der Waals surface area contributed by atoms with Crippen LogP contribution in [0.3, 0.4) is 0 Å². The van der Waals surface area contributed by atoms with E-state index in [9.17, 15) is 4.79 Å². The lowest BCUT2D eigenvalue weighted by Crippen LogP contribution is -2.09. The van der Waals surface area contributed by atoms with Gasteiger partial charge in [0.25, 0.3) is 0 Å². The highest BCUT2D eigenvalue weighted by molar-refractivity contribution is 6.27. The van der Waals surface area contributed by atoms with Crippen LogP contribution in [0.2, 0.25) is 0 Å². The highest BCUT2D eigenvalue weighted by atomic mass is 35.5. The molecule has 0 bridgehead atoms. The third-order valence-electron chi connectivity index (χ3n) is 0.629. The smallest absolute Gasteiger partial charge is 0.140 e. The zero-order valence-corrected chi connectivity index (χ0v) is 5.52. The fraction of sp³-hybridized carbons (Fsp3) is 0.800. The van der Waals surface area contributed by atoms with Gasteiger partial charge in [-0.25, -0.2) is 0 Å². The van der Waals surface area contributed by atoms with Crippen LogP contribution in [0.4, 0.5) is 0 Å². The summed E-state index contributed by atoms with van der Waals surface area (Å²) in [5.74, 6) is 0. The van der Waals surface area contributed by atoms with Gasteiger partial charge in [-0.1, -0.05) is 0 Å². The molecule has 0 saturated heterocycles. The van der Waals surface area contributed by atoms with Crippen molar-refractivity contribution in [1.82, 2.24) is 0 Å². The summed E-state index contributed by atoms with van der Waals surface area (Å²) in [4.78, 5) is 9.80. The molecule has 0 amide bonds. The molecule has 0 heterocycles. The molecule has 0 aromatic carbocycles. The minimum atomic E-state index is -0.477. The molecule has 48 valence electrons. The lowest BCUT2D eigenvalue weighted by molar-refractivity contribution is -0.108. The van der Waals surface area contributed by atoms with Crippen molar-refractivity contribution in [2.75, 3.05) is 13.2 Å². The highest BCUT2D eigenvalue weighted by Gasteiger charge is 1.98. The van der Waals surface area contributed by atoms with Crippen molar-refractivity contribution in [3.05, 3.63) is 0 Å². The Morgan fingerprint density at radius 3 is 2.88 bits per heavy atom. The molecule has 0 aliphatic rings. The van der Waals surface area contributed by atoms with Gasteiger partial charge in [-0.15, -0.1) is 11.6 Å². The van der Waals surface area contributed by atoms with Crippen LogP contribution < -0.4 is 0 Å². The molecule has 0 spiro atoms. The second kappa shape index (κ2) is 5.06. The minimum Gasteiger partial charge on any atom is -0.380 e. The fourth-order valence-electron chi connectivity index (χ4n) is 0.270. The Balaban J connectivity index is 2.98. The molecule has 0 N–H and O–H groups in total. The lowest BCUT2D eigenvalue weighted by atomic mass is 10.5. The first-order chi connectivity index (χ1) is 3.81. The van der Waals surface area contributed by atoms with Crippen LogP contribution in [0.1, 0.15) is 6.92 Å². The van der Waals surface area contributed by atoms with Gasteiger partial charge in [0.2, 0.25) is 0 Å². The van der Waals surface area contributed by atoms with Crippen LogP contribution in [-0.2, 0) is 9.53 Å². The normalized spacial score (nSPS) is 13.2. The second-order valence-electron chi connectivity index (χ2n) is 1.31. The summed E-state index contributed by atoms with van der Waals surface area (Å²) < 4.78 is 4.82. The van der Waals surface area contributed by atoms with Crippen LogP contribution in [0.5, 0.6) is 0 Å². The fourth-order valence-corrected chi connectivity index (χ4v) is 0.359. The summed E-state index contributed by atoms with van der Waals surface area (Å²) in [6.45, 7) is 2.78. The Kier molecular flexibility index (Phi) is 5.01. The van der Waals surface area contributed by atoms with Gasteiger partial charge in [-0.05, 0) is 6.92 Å². The summed E-state index contributed by atoms with van der Waals surface area (Å²) in [6.07, 6.45) is 0.664. The molecule has 0 aromatic heterocycles. The summed E-state index contributed by atoms with van der Waals surface area (Å²) in [5, 5.41) is -0.477. The maximum atomic E-state index is 9.80. The largest absolute Gasteiger partial charge is 0.380 e. The Bertz CT molecular complexity index is 65.4. The zero-order chi connectivity index (χ0) is 6.41. The van der Waals surface area contributed by atoms with Gasteiger partial charge in [0.05, 0.1) is 6.61 Å². The van der Waals surface area contributed by atoms with E-state index in [0.717, 1.165) is 0 Å². The minimum absolute atomic E-state index is 0.321. The molecule has 0 fully saturated rings. The molecule has 0 radical (unpaired) electrons. The first-order valence-corrected chi connectivity index (χ1v) is 2.92. The van der Waals surface area contributed by atoms with Crippen molar-refractivity contribution in [3.63, 3.8) is 0 Å². The molecular weight excluding hydrogens is 128 g/mol. The highest BCUT2D eigenvalue weighted by Crippen LogP contribution is 1.90. The number of hydrogen-bond donors (Lipinski definition) is 0. The van der Waals surface area contributed by atoms with E-state index in [4.69, 9.17) is 16.3 Å². The number of rotatable bonds is 4. The molecule has 3 heteroatoms. The van der Waals surface area contributed by atoms with Crippen molar-refractivity contribution >= 4 is 17.9 Å². The van der Waals surface area contributed by atoms with E-state index in [1.54, 1.807) is 0 Å². The van der Waals surface area contributed by atoms with Gasteiger partial charge in [-0.3, -0.25) is 0 Å². The second-order valence-corrected chi connectivity index (χ2v) is 1.87. The molecule has 1 atom stereocenters. The predicted octanol–water partition coefficient (Wildman–Crippen LogP) is 0.829. The Morgan fingerprint density at radius 2 is 2.50 bits per heavy atom. The van der Waals surface area contributed by atoms with Crippen molar-refractivity contribution < 1.29 is 9.53 Å². The van der Waals surface area contributed by atoms with E-state index in [1.807, 2.05) is 6.92 Å². The predicted molar refractivity (Wildman–Crippen MR) is 32.2 cm³/mol. The molecule has 0 rings (SSSR count). The topological polar surface area (TPSA) is 26.3 Å². The van der Waals surface area contributed by atoms with E-state index in [2.05, 4.69) is 0 Å². The van der Waals surface area contributed by atoms with E-state index < -0.39 is 5.38 Å². The van der Waals surface area contributed by atoms with Gasteiger partial charge < -0.3 is 9.53 Å². The quantitative estimate of drug-likeness (QED) is 0.423. The summed E-state index contributed by atoms with van der Waals surface area (Å²) >= 11 is 5.35. The van der Waals surface area contributed by atoms with Gasteiger partial charge in [0, 0.05) is 6.61 Å². The van der Waals surface area contributed by atoms with Crippen LogP contribution in [0.25, 0.3) is 0 Å². The van der Waals surface area contributed by atoms with Crippen LogP contribution in [0.15, 0.2) is 0 Å². The van der Waals surface area contributed by atoms with Crippen molar-refractivity contribution in [1.29, 1.82) is 0 Å². The SMILES string of the molecule is CCOCC(Cl)C=O. The van der Waals surface area contributed by atoms with E-state index in [1.165, 1.54) is 0 Å². The van der Waals surface area contributed by atoms with Crippen molar-refractivity contribution in [3.8, 4) is 0 Å². The molecule has 0 saturated carbocycles. The lowest BCUT2D eigenvalue weighted by Gasteiger charge is -1.98. The van der Waals surface area contributed by atoms with E-state index in [-0.39, 0.29) is 0 Å². The van der Waals surface area contributed by atoms with Crippen LogP contribution >= 0.6 is 11.6 Å². The molecule has 0 aliphatic carbocycles. The standard InChI is InChI=1S/C5H9ClO2/c1-2-8-4-5(6)3-7/h3,5H,2,4H2,1H3. The van der Waals surface area contributed by atoms with Crippen LogP contribution in [0, 0.1) is 0 Å². The van der Waals surface area contributed by atoms with Gasteiger partial charge in [-0.2, -0.15) is 0 Å². The van der Waals surface area contributed by atoms with E-state index >= 15 is 0 Å². The molecule has 0 aliphatic heterocycles. The third kappa shape index (κ3) is 4.09.